The van der Waals surface area contributed by atoms with Crippen LogP contribution in [0.3, 0.4) is 0 Å². The Hall–Kier alpha value is -3.47. The molecule has 0 atom stereocenters. The van der Waals surface area contributed by atoms with Crippen molar-refractivity contribution in [2.45, 2.75) is 0 Å². The monoisotopic (exact) mass is 330 g/mol. The van der Waals surface area contributed by atoms with Crippen molar-refractivity contribution in [1.29, 1.82) is 0 Å². The number of hydrogen-bond acceptors (Lipinski definition) is 3. The smallest absolute Gasteiger partial charge is 0.255 e. The third-order valence-electron chi connectivity index (χ3n) is 3.77. The molecule has 0 bridgehead atoms. The van der Waals surface area contributed by atoms with E-state index < -0.39 is 0 Å². The largest absolute Gasteiger partial charge is 0.322 e. The van der Waals surface area contributed by atoms with Crippen LogP contribution in [0.2, 0.25) is 0 Å². The molecule has 0 aliphatic rings. The van der Waals surface area contributed by atoms with E-state index in [0.29, 0.717) is 16.9 Å². The summed E-state index contributed by atoms with van der Waals surface area (Å²) >= 11 is 0. The van der Waals surface area contributed by atoms with E-state index in [1.807, 2.05) is 66.7 Å². The SMILES string of the molecule is C=C(NN=NC)c1cccc(NC(=O)c2ccc3ccccc3c2)c1. The number of fused-ring (bicyclic) bond motifs is 1. The Morgan fingerprint density at radius 3 is 2.52 bits per heavy atom. The number of hydrogen-bond donors (Lipinski definition) is 2. The Balaban J connectivity index is 1.79. The van der Waals surface area contributed by atoms with Crippen LogP contribution in [0.25, 0.3) is 16.5 Å². The third kappa shape index (κ3) is 3.90. The molecule has 124 valence electrons. The van der Waals surface area contributed by atoms with Gasteiger partial charge in [-0.25, -0.2) is 0 Å². The first-order valence-corrected chi connectivity index (χ1v) is 7.82. The van der Waals surface area contributed by atoms with E-state index in [2.05, 4.69) is 27.7 Å². The first-order chi connectivity index (χ1) is 12.2. The summed E-state index contributed by atoms with van der Waals surface area (Å²) in [6.07, 6.45) is 0. The topological polar surface area (TPSA) is 65.8 Å². The zero-order valence-electron chi connectivity index (χ0n) is 13.9. The van der Waals surface area contributed by atoms with Crippen molar-refractivity contribution in [1.82, 2.24) is 5.43 Å². The van der Waals surface area contributed by atoms with E-state index in [0.717, 1.165) is 16.3 Å². The number of anilines is 1. The minimum Gasteiger partial charge on any atom is -0.322 e. The fourth-order valence-corrected chi connectivity index (χ4v) is 2.49. The molecule has 0 saturated heterocycles. The van der Waals surface area contributed by atoms with Gasteiger partial charge in [-0.2, -0.15) is 5.11 Å². The molecule has 0 fully saturated rings. The zero-order chi connectivity index (χ0) is 17.6. The normalized spacial score (nSPS) is 10.8. The maximum Gasteiger partial charge on any atom is 0.255 e. The minimum atomic E-state index is -0.158. The van der Waals surface area contributed by atoms with E-state index in [4.69, 9.17) is 0 Å². The Morgan fingerprint density at radius 2 is 1.72 bits per heavy atom. The predicted molar refractivity (Wildman–Crippen MR) is 101 cm³/mol. The van der Waals surface area contributed by atoms with Gasteiger partial charge in [-0.05, 0) is 35.0 Å². The molecule has 3 rings (SSSR count). The zero-order valence-corrected chi connectivity index (χ0v) is 13.9. The number of nitrogens with zero attached hydrogens (tertiary/aromatic N) is 2. The van der Waals surface area contributed by atoms with Crippen molar-refractivity contribution in [2.24, 2.45) is 10.3 Å². The highest BCUT2D eigenvalue weighted by atomic mass is 16.1. The van der Waals surface area contributed by atoms with Crippen molar-refractivity contribution < 1.29 is 4.79 Å². The van der Waals surface area contributed by atoms with Crippen molar-refractivity contribution in [3.05, 3.63) is 84.4 Å². The van der Waals surface area contributed by atoms with E-state index in [1.54, 1.807) is 7.05 Å². The van der Waals surface area contributed by atoms with Crippen LogP contribution >= 0.6 is 0 Å². The number of rotatable bonds is 5. The van der Waals surface area contributed by atoms with Crippen LogP contribution in [0.4, 0.5) is 5.69 Å². The van der Waals surface area contributed by atoms with Crippen LogP contribution in [-0.4, -0.2) is 13.0 Å². The van der Waals surface area contributed by atoms with Gasteiger partial charge >= 0.3 is 0 Å². The summed E-state index contributed by atoms with van der Waals surface area (Å²) in [4.78, 5) is 12.5. The van der Waals surface area contributed by atoms with Crippen LogP contribution < -0.4 is 10.7 Å². The average Bonchev–Trinajstić information content (AvgIpc) is 2.65. The highest BCUT2D eigenvalue weighted by molar-refractivity contribution is 6.06. The van der Waals surface area contributed by atoms with Crippen molar-refractivity contribution >= 4 is 28.1 Å². The first-order valence-electron chi connectivity index (χ1n) is 7.82. The molecule has 0 unspecified atom stereocenters. The molecule has 0 heterocycles. The van der Waals surface area contributed by atoms with Gasteiger partial charge in [0.05, 0.1) is 12.7 Å². The van der Waals surface area contributed by atoms with Crippen molar-refractivity contribution in [3.63, 3.8) is 0 Å². The fourth-order valence-electron chi connectivity index (χ4n) is 2.49. The molecule has 3 aromatic rings. The lowest BCUT2D eigenvalue weighted by Crippen LogP contribution is -2.12. The number of carbonyl (C=O) groups excluding carboxylic acids is 1. The molecule has 0 aliphatic carbocycles. The fraction of sp³-hybridized carbons (Fsp3) is 0.0500. The van der Waals surface area contributed by atoms with Gasteiger partial charge < -0.3 is 5.32 Å². The molecule has 0 aliphatic heterocycles. The standard InChI is InChI=1S/C20H18N4O/c1-14(23-24-21-2)16-8-5-9-19(13-16)22-20(25)18-11-10-15-6-3-4-7-17(15)12-18/h3-13H,1H2,2H3,(H,21,23)(H,22,25). The number of nitrogens with one attached hydrogen (secondary N) is 2. The van der Waals surface area contributed by atoms with Crippen LogP contribution in [0, 0.1) is 0 Å². The van der Waals surface area contributed by atoms with Crippen LogP contribution in [-0.2, 0) is 0 Å². The van der Waals surface area contributed by atoms with Gasteiger partial charge in [0, 0.05) is 16.8 Å². The lowest BCUT2D eigenvalue weighted by atomic mass is 10.1. The molecule has 0 saturated carbocycles. The summed E-state index contributed by atoms with van der Waals surface area (Å²) in [7, 11) is 1.57. The molecule has 0 aromatic heterocycles. The Morgan fingerprint density at radius 1 is 0.920 bits per heavy atom. The van der Waals surface area contributed by atoms with Crippen LogP contribution in [0.5, 0.6) is 0 Å². The molecule has 0 spiro atoms. The second-order valence-electron chi connectivity index (χ2n) is 5.49. The molecule has 2 N–H and O–H groups in total. The summed E-state index contributed by atoms with van der Waals surface area (Å²) < 4.78 is 0. The molecule has 25 heavy (non-hydrogen) atoms. The van der Waals surface area contributed by atoms with E-state index in [-0.39, 0.29) is 5.91 Å². The van der Waals surface area contributed by atoms with Gasteiger partial charge in [-0.15, -0.1) is 0 Å². The van der Waals surface area contributed by atoms with E-state index in [9.17, 15) is 4.79 Å². The number of benzene rings is 3. The molecule has 3 aromatic carbocycles. The molecule has 1 amide bonds. The summed E-state index contributed by atoms with van der Waals surface area (Å²) in [5.74, 6) is -0.158. The van der Waals surface area contributed by atoms with Gasteiger partial charge in [-0.3, -0.25) is 10.2 Å². The maximum atomic E-state index is 12.5. The lowest BCUT2D eigenvalue weighted by molar-refractivity contribution is 0.102. The average molecular weight is 330 g/mol. The van der Waals surface area contributed by atoms with Gasteiger partial charge in [0.1, 0.15) is 0 Å². The van der Waals surface area contributed by atoms with Crippen LogP contribution in [0.1, 0.15) is 15.9 Å². The minimum absolute atomic E-state index is 0.158. The van der Waals surface area contributed by atoms with E-state index in [1.165, 1.54) is 0 Å². The molecule has 5 nitrogen and oxygen atoms in total. The highest BCUT2D eigenvalue weighted by Gasteiger charge is 2.08. The highest BCUT2D eigenvalue weighted by Crippen LogP contribution is 2.19. The Kier molecular flexibility index (Phi) is 4.85. The van der Waals surface area contributed by atoms with Crippen LogP contribution in [0.15, 0.2) is 83.6 Å². The maximum absolute atomic E-state index is 12.5. The van der Waals surface area contributed by atoms with Crippen molar-refractivity contribution in [2.75, 3.05) is 12.4 Å². The second kappa shape index (κ2) is 7.40. The number of amides is 1. The van der Waals surface area contributed by atoms with Gasteiger partial charge in [0.2, 0.25) is 0 Å². The van der Waals surface area contributed by atoms with E-state index >= 15 is 0 Å². The Labute approximate surface area is 146 Å². The first kappa shape index (κ1) is 16.4. The van der Waals surface area contributed by atoms with Gasteiger partial charge in [0.15, 0.2) is 0 Å². The summed E-state index contributed by atoms with van der Waals surface area (Å²) in [6.45, 7) is 3.90. The second-order valence-corrected chi connectivity index (χ2v) is 5.49. The molecular weight excluding hydrogens is 312 g/mol. The summed E-state index contributed by atoms with van der Waals surface area (Å²) in [5.41, 5.74) is 5.46. The van der Waals surface area contributed by atoms with Crippen molar-refractivity contribution in [3.8, 4) is 0 Å². The summed E-state index contributed by atoms with van der Waals surface area (Å²) in [6, 6.07) is 21.0. The lowest BCUT2D eigenvalue weighted by Gasteiger charge is -2.09. The summed E-state index contributed by atoms with van der Waals surface area (Å²) in [5, 5.41) is 12.4. The third-order valence-corrected chi connectivity index (χ3v) is 3.77. The number of carbonyl (C=O) groups is 1. The van der Waals surface area contributed by atoms with Gasteiger partial charge in [-0.1, -0.05) is 54.3 Å². The van der Waals surface area contributed by atoms with Gasteiger partial charge in [0.25, 0.3) is 5.91 Å². The Bertz CT molecular complexity index is 963. The predicted octanol–water partition coefficient (Wildman–Crippen LogP) is 4.65. The molecule has 0 radical (unpaired) electrons. The molecular formula is C20H18N4O. The quantitative estimate of drug-likeness (QED) is 0.528. The molecule has 5 heteroatoms.